The summed E-state index contributed by atoms with van der Waals surface area (Å²) in [4.78, 5) is 23.6. The summed E-state index contributed by atoms with van der Waals surface area (Å²) in [5, 5.41) is 15.9. The third-order valence-corrected chi connectivity index (χ3v) is 4.40. The van der Waals surface area contributed by atoms with Gasteiger partial charge < -0.3 is 15.7 Å². The van der Waals surface area contributed by atoms with Crippen LogP contribution in [0, 0.1) is 6.92 Å². The van der Waals surface area contributed by atoms with Crippen LogP contribution in [0.25, 0.3) is 0 Å². The molecule has 1 fully saturated rings. The summed E-state index contributed by atoms with van der Waals surface area (Å²) in [7, 11) is 0. The molecular formula is C18H26N2O3. The molecule has 1 aromatic carbocycles. The lowest BCUT2D eigenvalue weighted by Gasteiger charge is -2.23. The highest BCUT2D eigenvalue weighted by atomic mass is 16.3. The number of carbonyl (C=O) groups is 2. The van der Waals surface area contributed by atoms with Gasteiger partial charge in [-0.2, -0.15) is 0 Å². The molecule has 1 aromatic rings. The van der Waals surface area contributed by atoms with E-state index >= 15 is 0 Å². The molecule has 126 valence electrons. The second-order valence-electron chi connectivity index (χ2n) is 6.58. The van der Waals surface area contributed by atoms with Gasteiger partial charge in [0.2, 0.25) is 11.8 Å². The Morgan fingerprint density at radius 2 is 1.83 bits per heavy atom. The summed E-state index contributed by atoms with van der Waals surface area (Å²) in [6.07, 6.45) is 3.65. The average molecular weight is 318 g/mol. The van der Waals surface area contributed by atoms with Crippen LogP contribution in [0.2, 0.25) is 0 Å². The molecule has 5 heteroatoms. The molecule has 0 spiro atoms. The molecule has 1 unspecified atom stereocenters. The highest BCUT2D eigenvalue weighted by Crippen LogP contribution is 2.28. The number of carbonyl (C=O) groups excluding carboxylic acids is 2. The minimum absolute atomic E-state index is 0.162. The van der Waals surface area contributed by atoms with Crippen LogP contribution in [-0.4, -0.2) is 29.1 Å². The number of benzene rings is 1. The van der Waals surface area contributed by atoms with Gasteiger partial charge >= 0.3 is 0 Å². The lowest BCUT2D eigenvalue weighted by Crippen LogP contribution is -2.42. The van der Waals surface area contributed by atoms with Crippen molar-refractivity contribution in [2.45, 2.75) is 57.6 Å². The van der Waals surface area contributed by atoms with Gasteiger partial charge in [0, 0.05) is 13.5 Å². The number of aliphatic hydroxyl groups is 1. The van der Waals surface area contributed by atoms with E-state index in [1.54, 1.807) is 0 Å². The van der Waals surface area contributed by atoms with Crippen LogP contribution in [0.1, 0.15) is 56.2 Å². The fraction of sp³-hybridized carbons (Fsp3) is 0.556. The van der Waals surface area contributed by atoms with E-state index in [-0.39, 0.29) is 30.8 Å². The van der Waals surface area contributed by atoms with Crippen molar-refractivity contribution in [3.05, 3.63) is 35.4 Å². The molecule has 23 heavy (non-hydrogen) atoms. The third kappa shape index (κ3) is 5.36. The standard InChI is InChI=1S/C18H26N2O3/c1-13-5-7-15(8-6-13)16(20-14(2)21)11-17(22)19-12-18(23)9-3-4-10-18/h5-8,16,23H,3-4,9-12H2,1-2H3,(H,19,22)(H,20,21). The summed E-state index contributed by atoms with van der Waals surface area (Å²) < 4.78 is 0. The zero-order chi connectivity index (χ0) is 16.9. The molecule has 0 bridgehead atoms. The first-order chi connectivity index (χ1) is 10.9. The molecule has 1 aliphatic carbocycles. The third-order valence-electron chi connectivity index (χ3n) is 4.40. The van der Waals surface area contributed by atoms with Crippen molar-refractivity contribution in [1.29, 1.82) is 0 Å². The first-order valence-corrected chi connectivity index (χ1v) is 8.21. The Hall–Kier alpha value is -1.88. The highest BCUT2D eigenvalue weighted by molar-refractivity contribution is 5.79. The van der Waals surface area contributed by atoms with E-state index in [4.69, 9.17) is 0 Å². The van der Waals surface area contributed by atoms with E-state index in [0.29, 0.717) is 0 Å². The Kier molecular flexibility index (Phi) is 5.77. The second kappa shape index (κ2) is 7.59. The molecular weight excluding hydrogens is 292 g/mol. The van der Waals surface area contributed by atoms with Crippen molar-refractivity contribution < 1.29 is 14.7 Å². The Morgan fingerprint density at radius 3 is 2.39 bits per heavy atom. The normalized spacial score (nSPS) is 17.5. The topological polar surface area (TPSA) is 78.4 Å². The van der Waals surface area contributed by atoms with Gasteiger partial charge in [0.15, 0.2) is 0 Å². The molecule has 1 saturated carbocycles. The largest absolute Gasteiger partial charge is 0.388 e. The molecule has 5 nitrogen and oxygen atoms in total. The molecule has 0 aromatic heterocycles. The second-order valence-corrected chi connectivity index (χ2v) is 6.58. The first kappa shape index (κ1) is 17.5. The number of hydrogen-bond acceptors (Lipinski definition) is 3. The van der Waals surface area contributed by atoms with E-state index in [1.807, 2.05) is 31.2 Å². The summed E-state index contributed by atoms with van der Waals surface area (Å²) in [5.74, 6) is -0.331. The van der Waals surface area contributed by atoms with Gasteiger partial charge in [-0.05, 0) is 25.3 Å². The quantitative estimate of drug-likeness (QED) is 0.750. The van der Waals surface area contributed by atoms with Crippen molar-refractivity contribution >= 4 is 11.8 Å². The minimum atomic E-state index is -0.761. The molecule has 0 saturated heterocycles. The lowest BCUT2D eigenvalue weighted by atomic mass is 10.0. The smallest absolute Gasteiger partial charge is 0.222 e. The predicted octanol–water partition coefficient (Wildman–Crippen LogP) is 1.98. The number of nitrogens with one attached hydrogen (secondary N) is 2. The van der Waals surface area contributed by atoms with Gasteiger partial charge in [-0.1, -0.05) is 42.7 Å². The zero-order valence-electron chi connectivity index (χ0n) is 13.9. The Balaban J connectivity index is 1.95. The van der Waals surface area contributed by atoms with E-state index in [1.165, 1.54) is 6.92 Å². The Morgan fingerprint density at radius 1 is 1.22 bits per heavy atom. The Labute approximate surface area is 137 Å². The summed E-state index contributed by atoms with van der Waals surface area (Å²) in [5.41, 5.74) is 1.27. The van der Waals surface area contributed by atoms with Gasteiger partial charge in [-0.25, -0.2) is 0 Å². The van der Waals surface area contributed by atoms with E-state index < -0.39 is 5.60 Å². The maximum absolute atomic E-state index is 12.2. The fourth-order valence-corrected chi connectivity index (χ4v) is 3.03. The van der Waals surface area contributed by atoms with E-state index in [9.17, 15) is 14.7 Å². The van der Waals surface area contributed by atoms with Crippen LogP contribution in [0.4, 0.5) is 0 Å². The molecule has 1 atom stereocenters. The lowest BCUT2D eigenvalue weighted by molar-refractivity contribution is -0.123. The molecule has 2 rings (SSSR count). The molecule has 2 amide bonds. The first-order valence-electron chi connectivity index (χ1n) is 8.21. The number of amides is 2. The molecule has 0 aliphatic heterocycles. The molecule has 1 aliphatic rings. The van der Waals surface area contributed by atoms with Crippen molar-refractivity contribution in [2.75, 3.05) is 6.54 Å². The minimum Gasteiger partial charge on any atom is -0.388 e. The zero-order valence-corrected chi connectivity index (χ0v) is 13.9. The van der Waals surface area contributed by atoms with Gasteiger partial charge in [0.1, 0.15) is 0 Å². The number of rotatable bonds is 6. The van der Waals surface area contributed by atoms with Gasteiger partial charge in [-0.15, -0.1) is 0 Å². The summed E-state index contributed by atoms with van der Waals surface area (Å²) in [6, 6.07) is 7.42. The average Bonchev–Trinajstić information content (AvgIpc) is 2.92. The van der Waals surface area contributed by atoms with Gasteiger partial charge in [0.25, 0.3) is 0 Å². The summed E-state index contributed by atoms with van der Waals surface area (Å²) in [6.45, 7) is 3.72. The van der Waals surface area contributed by atoms with Crippen LogP contribution in [0.5, 0.6) is 0 Å². The maximum atomic E-state index is 12.2. The molecule has 0 heterocycles. The van der Waals surface area contributed by atoms with Crippen LogP contribution < -0.4 is 10.6 Å². The number of aryl methyl sites for hydroxylation is 1. The predicted molar refractivity (Wildman–Crippen MR) is 88.8 cm³/mol. The van der Waals surface area contributed by atoms with Crippen molar-refractivity contribution in [1.82, 2.24) is 10.6 Å². The maximum Gasteiger partial charge on any atom is 0.222 e. The van der Waals surface area contributed by atoms with Crippen LogP contribution in [0.3, 0.4) is 0 Å². The highest BCUT2D eigenvalue weighted by Gasteiger charge is 2.31. The van der Waals surface area contributed by atoms with Crippen LogP contribution >= 0.6 is 0 Å². The monoisotopic (exact) mass is 318 g/mol. The van der Waals surface area contributed by atoms with Crippen molar-refractivity contribution in [3.63, 3.8) is 0 Å². The molecule has 0 radical (unpaired) electrons. The Bertz CT molecular complexity index is 548. The summed E-state index contributed by atoms with van der Waals surface area (Å²) >= 11 is 0. The molecule has 3 N–H and O–H groups in total. The van der Waals surface area contributed by atoms with Gasteiger partial charge in [0.05, 0.1) is 18.1 Å². The van der Waals surface area contributed by atoms with E-state index in [2.05, 4.69) is 10.6 Å². The van der Waals surface area contributed by atoms with Crippen molar-refractivity contribution in [3.8, 4) is 0 Å². The SMILES string of the molecule is CC(=O)NC(CC(=O)NCC1(O)CCCC1)c1ccc(C)cc1. The number of hydrogen-bond donors (Lipinski definition) is 3. The fourth-order valence-electron chi connectivity index (χ4n) is 3.03. The van der Waals surface area contributed by atoms with Crippen LogP contribution in [-0.2, 0) is 9.59 Å². The van der Waals surface area contributed by atoms with Gasteiger partial charge in [-0.3, -0.25) is 9.59 Å². The van der Waals surface area contributed by atoms with Crippen LogP contribution in [0.15, 0.2) is 24.3 Å². The van der Waals surface area contributed by atoms with Crippen molar-refractivity contribution in [2.24, 2.45) is 0 Å². The van der Waals surface area contributed by atoms with E-state index in [0.717, 1.165) is 36.8 Å².